The molecule has 0 aliphatic rings. The number of nitrogens with zero attached hydrogens (tertiary/aromatic N) is 1. The Morgan fingerprint density at radius 2 is 2.17 bits per heavy atom. The molecule has 0 saturated carbocycles. The van der Waals surface area contributed by atoms with Crippen LogP contribution < -0.4 is 5.32 Å². The first-order valence-electron chi connectivity index (χ1n) is 6.09. The van der Waals surface area contributed by atoms with Crippen LogP contribution in [0.4, 0.5) is 0 Å². The minimum Gasteiger partial charge on any atom is -0.361 e. The molecule has 4 nitrogen and oxygen atoms in total. The summed E-state index contributed by atoms with van der Waals surface area (Å²) in [5, 5.41) is 4.05. The standard InChI is InChI=1S/C14H19N3O/c1-10(9-17(2)3)16-14(18)12-4-5-13-11(8-12)6-7-15-13/h4-8,10,15H,9H2,1-3H3,(H,16,18). The van der Waals surface area contributed by atoms with Crippen molar-refractivity contribution in [1.82, 2.24) is 15.2 Å². The molecule has 1 atom stereocenters. The molecule has 0 spiro atoms. The highest BCUT2D eigenvalue weighted by atomic mass is 16.1. The Morgan fingerprint density at radius 1 is 1.39 bits per heavy atom. The van der Waals surface area contributed by atoms with Gasteiger partial charge in [-0.05, 0) is 45.3 Å². The fraction of sp³-hybridized carbons (Fsp3) is 0.357. The van der Waals surface area contributed by atoms with Gasteiger partial charge in [0.2, 0.25) is 0 Å². The van der Waals surface area contributed by atoms with E-state index >= 15 is 0 Å². The molecule has 2 N–H and O–H groups in total. The van der Waals surface area contributed by atoms with Crippen LogP contribution in [-0.2, 0) is 0 Å². The summed E-state index contributed by atoms with van der Waals surface area (Å²) in [5.41, 5.74) is 1.75. The van der Waals surface area contributed by atoms with Crippen LogP contribution in [0.15, 0.2) is 30.5 Å². The summed E-state index contributed by atoms with van der Waals surface area (Å²) in [6.45, 7) is 2.84. The number of amides is 1. The van der Waals surface area contributed by atoms with Crippen molar-refractivity contribution in [2.75, 3.05) is 20.6 Å². The van der Waals surface area contributed by atoms with Crippen molar-refractivity contribution in [3.8, 4) is 0 Å². The minimum atomic E-state index is -0.0209. The van der Waals surface area contributed by atoms with Gasteiger partial charge in [-0.15, -0.1) is 0 Å². The van der Waals surface area contributed by atoms with Crippen LogP contribution in [0.2, 0.25) is 0 Å². The lowest BCUT2D eigenvalue weighted by Gasteiger charge is -2.18. The third-order valence-electron chi connectivity index (χ3n) is 2.83. The number of hydrogen-bond acceptors (Lipinski definition) is 2. The molecule has 0 aliphatic carbocycles. The van der Waals surface area contributed by atoms with Crippen LogP contribution in [0.3, 0.4) is 0 Å². The molecule has 0 bridgehead atoms. The Morgan fingerprint density at radius 3 is 2.89 bits per heavy atom. The highest BCUT2D eigenvalue weighted by Crippen LogP contribution is 2.14. The number of benzene rings is 1. The second-order valence-electron chi connectivity index (χ2n) is 4.92. The summed E-state index contributed by atoms with van der Waals surface area (Å²) in [7, 11) is 3.99. The predicted octanol–water partition coefficient (Wildman–Crippen LogP) is 1.85. The van der Waals surface area contributed by atoms with E-state index in [1.807, 2.05) is 51.5 Å². The topological polar surface area (TPSA) is 48.1 Å². The number of hydrogen-bond donors (Lipinski definition) is 2. The Bertz CT molecular complexity index is 545. The number of H-pyrrole nitrogens is 1. The van der Waals surface area contributed by atoms with Crippen molar-refractivity contribution in [1.29, 1.82) is 0 Å². The van der Waals surface area contributed by atoms with Gasteiger partial charge in [-0.1, -0.05) is 0 Å². The van der Waals surface area contributed by atoms with E-state index < -0.39 is 0 Å². The molecular formula is C14H19N3O. The van der Waals surface area contributed by atoms with Gasteiger partial charge < -0.3 is 15.2 Å². The Balaban J connectivity index is 2.08. The number of aromatic nitrogens is 1. The average Bonchev–Trinajstić information content (AvgIpc) is 2.74. The largest absolute Gasteiger partial charge is 0.361 e. The lowest BCUT2D eigenvalue weighted by atomic mass is 10.1. The highest BCUT2D eigenvalue weighted by molar-refractivity contribution is 5.98. The van der Waals surface area contributed by atoms with E-state index in [2.05, 4.69) is 15.2 Å². The summed E-state index contributed by atoms with van der Waals surface area (Å²) >= 11 is 0. The number of fused-ring (bicyclic) bond motifs is 1. The quantitative estimate of drug-likeness (QED) is 0.863. The number of nitrogens with one attached hydrogen (secondary N) is 2. The second-order valence-corrected chi connectivity index (χ2v) is 4.92. The molecule has 18 heavy (non-hydrogen) atoms. The van der Waals surface area contributed by atoms with Crippen LogP contribution in [0.1, 0.15) is 17.3 Å². The first-order valence-corrected chi connectivity index (χ1v) is 6.09. The maximum absolute atomic E-state index is 12.1. The number of aromatic amines is 1. The highest BCUT2D eigenvalue weighted by Gasteiger charge is 2.10. The molecule has 1 aromatic heterocycles. The number of carbonyl (C=O) groups excluding carboxylic acids is 1. The van der Waals surface area contributed by atoms with Gasteiger partial charge in [0.25, 0.3) is 5.91 Å². The first kappa shape index (κ1) is 12.6. The maximum Gasteiger partial charge on any atom is 0.251 e. The third-order valence-corrected chi connectivity index (χ3v) is 2.83. The van der Waals surface area contributed by atoms with Gasteiger partial charge in [-0.25, -0.2) is 0 Å². The van der Waals surface area contributed by atoms with E-state index in [0.29, 0.717) is 5.56 Å². The molecule has 0 fully saturated rings. The van der Waals surface area contributed by atoms with Crippen LogP contribution in [0.25, 0.3) is 10.9 Å². The zero-order chi connectivity index (χ0) is 13.1. The molecule has 1 unspecified atom stereocenters. The van der Waals surface area contributed by atoms with Crippen molar-refractivity contribution < 1.29 is 4.79 Å². The maximum atomic E-state index is 12.1. The van der Waals surface area contributed by atoms with E-state index in [0.717, 1.165) is 17.4 Å². The molecule has 2 aromatic rings. The van der Waals surface area contributed by atoms with E-state index in [9.17, 15) is 4.79 Å². The molecular weight excluding hydrogens is 226 g/mol. The lowest BCUT2D eigenvalue weighted by Crippen LogP contribution is -2.39. The molecule has 1 aromatic carbocycles. The number of rotatable bonds is 4. The fourth-order valence-electron chi connectivity index (χ4n) is 2.10. The Hall–Kier alpha value is -1.81. The molecule has 96 valence electrons. The van der Waals surface area contributed by atoms with Crippen LogP contribution in [0.5, 0.6) is 0 Å². The third kappa shape index (κ3) is 2.90. The summed E-state index contributed by atoms with van der Waals surface area (Å²) in [6, 6.07) is 7.78. The van der Waals surface area contributed by atoms with Crippen molar-refractivity contribution in [2.45, 2.75) is 13.0 Å². The van der Waals surface area contributed by atoms with E-state index in [4.69, 9.17) is 0 Å². The molecule has 0 saturated heterocycles. The van der Waals surface area contributed by atoms with Crippen molar-refractivity contribution in [3.05, 3.63) is 36.0 Å². The predicted molar refractivity (Wildman–Crippen MR) is 73.8 cm³/mol. The van der Waals surface area contributed by atoms with Gasteiger partial charge in [0, 0.05) is 35.2 Å². The summed E-state index contributed by atoms with van der Waals surface area (Å²) in [5.74, 6) is -0.0209. The average molecular weight is 245 g/mol. The smallest absolute Gasteiger partial charge is 0.251 e. The van der Waals surface area contributed by atoms with Crippen LogP contribution in [0, 0.1) is 0 Å². The molecule has 0 radical (unpaired) electrons. The van der Waals surface area contributed by atoms with Crippen LogP contribution in [-0.4, -0.2) is 42.5 Å². The van der Waals surface area contributed by atoms with Gasteiger partial charge in [0.15, 0.2) is 0 Å². The molecule has 4 heteroatoms. The van der Waals surface area contributed by atoms with Crippen molar-refractivity contribution in [3.63, 3.8) is 0 Å². The van der Waals surface area contributed by atoms with E-state index in [1.165, 1.54) is 0 Å². The van der Waals surface area contributed by atoms with Gasteiger partial charge in [-0.3, -0.25) is 4.79 Å². The van der Waals surface area contributed by atoms with Crippen molar-refractivity contribution >= 4 is 16.8 Å². The zero-order valence-electron chi connectivity index (χ0n) is 11.0. The number of carbonyl (C=O) groups is 1. The molecule has 2 rings (SSSR count). The molecule has 1 amide bonds. The SMILES string of the molecule is CC(CN(C)C)NC(=O)c1ccc2[nH]ccc2c1. The first-order chi connectivity index (χ1) is 8.56. The Labute approximate surface area is 107 Å². The number of likely N-dealkylation sites (N-methyl/N-ethyl adjacent to an activating group) is 1. The second kappa shape index (κ2) is 5.23. The molecule has 1 heterocycles. The van der Waals surface area contributed by atoms with E-state index in [-0.39, 0.29) is 11.9 Å². The van der Waals surface area contributed by atoms with Gasteiger partial charge in [-0.2, -0.15) is 0 Å². The van der Waals surface area contributed by atoms with Crippen LogP contribution >= 0.6 is 0 Å². The summed E-state index contributed by atoms with van der Waals surface area (Å²) in [4.78, 5) is 17.2. The molecule has 0 aliphatic heterocycles. The van der Waals surface area contributed by atoms with E-state index in [1.54, 1.807) is 0 Å². The lowest BCUT2D eigenvalue weighted by molar-refractivity contribution is 0.0934. The normalized spacial score (nSPS) is 12.9. The van der Waals surface area contributed by atoms with Gasteiger partial charge >= 0.3 is 0 Å². The Kier molecular flexibility index (Phi) is 3.67. The van der Waals surface area contributed by atoms with Crippen molar-refractivity contribution in [2.24, 2.45) is 0 Å². The van der Waals surface area contributed by atoms with Gasteiger partial charge in [0.1, 0.15) is 0 Å². The summed E-state index contributed by atoms with van der Waals surface area (Å²) in [6.07, 6.45) is 1.88. The fourth-order valence-corrected chi connectivity index (χ4v) is 2.10. The summed E-state index contributed by atoms with van der Waals surface area (Å²) < 4.78 is 0. The zero-order valence-corrected chi connectivity index (χ0v) is 11.0. The monoisotopic (exact) mass is 245 g/mol. The van der Waals surface area contributed by atoms with Gasteiger partial charge in [0.05, 0.1) is 0 Å². The minimum absolute atomic E-state index is 0.0209.